The minimum absolute atomic E-state index is 0.0609. The van der Waals surface area contributed by atoms with Gasteiger partial charge < -0.3 is 34.8 Å². The number of ether oxygens (including phenoxy) is 1. The van der Waals surface area contributed by atoms with Gasteiger partial charge in [0.15, 0.2) is 0 Å². The fourth-order valence-corrected chi connectivity index (χ4v) is 9.34. The molecule has 2 fully saturated rings. The van der Waals surface area contributed by atoms with Crippen LogP contribution >= 0.6 is 23.2 Å². The molecule has 2 saturated heterocycles. The van der Waals surface area contributed by atoms with Crippen molar-refractivity contribution in [3.63, 3.8) is 0 Å². The molecule has 2 aliphatic rings. The predicted molar refractivity (Wildman–Crippen MR) is 246 cm³/mol. The maximum atomic E-state index is 10.6. The lowest BCUT2D eigenvalue weighted by Gasteiger charge is -2.46. The maximum absolute atomic E-state index is 10.6. The van der Waals surface area contributed by atoms with Gasteiger partial charge in [-0.15, -0.1) is 0 Å². The zero-order valence-electron chi connectivity index (χ0n) is 35.8. The van der Waals surface area contributed by atoms with Crippen molar-refractivity contribution >= 4 is 23.2 Å². The second kappa shape index (κ2) is 20.9. The topological polar surface area (TPSA) is 81.1 Å². The van der Waals surface area contributed by atoms with Crippen LogP contribution in [-0.4, -0.2) is 107 Å². The summed E-state index contributed by atoms with van der Waals surface area (Å²) < 4.78 is 8.79. The van der Waals surface area contributed by atoms with Gasteiger partial charge in [0.2, 0.25) is 0 Å². The number of aliphatic hydroxyl groups excluding tert-OH is 1. The van der Waals surface area contributed by atoms with Gasteiger partial charge in [-0.1, -0.05) is 71.7 Å². The lowest BCUT2D eigenvalue weighted by atomic mass is 9.82. The van der Waals surface area contributed by atoms with Crippen molar-refractivity contribution in [2.45, 2.75) is 69.7 Å². The van der Waals surface area contributed by atoms with E-state index in [1.54, 1.807) is 0 Å². The number of hydrogen-bond acceptors (Lipinski definition) is 8. The van der Waals surface area contributed by atoms with Crippen molar-refractivity contribution in [2.75, 3.05) is 60.0 Å². The molecule has 5 atom stereocenters. The molecule has 3 heterocycles. The van der Waals surface area contributed by atoms with Gasteiger partial charge in [0.05, 0.1) is 25.0 Å². The fraction of sp³-hybridized carbons (Fsp3) is 0.449. The van der Waals surface area contributed by atoms with Gasteiger partial charge >= 0.3 is 0 Å². The van der Waals surface area contributed by atoms with E-state index in [2.05, 4.69) is 124 Å². The number of aromatic nitrogens is 2. The molecule has 3 N–H and O–H groups in total. The zero-order valence-corrected chi connectivity index (χ0v) is 37.3. The normalized spacial score (nSPS) is 23.3. The van der Waals surface area contributed by atoms with Crippen LogP contribution in [0.1, 0.15) is 48.7 Å². The summed E-state index contributed by atoms with van der Waals surface area (Å²) in [6.45, 7) is 9.26. The highest BCUT2D eigenvalue weighted by molar-refractivity contribution is 6.31. The van der Waals surface area contributed by atoms with Crippen LogP contribution in [0.3, 0.4) is 0 Å². The van der Waals surface area contributed by atoms with Gasteiger partial charge in [0, 0.05) is 78.6 Å². The van der Waals surface area contributed by atoms with Crippen molar-refractivity contribution in [3.05, 3.63) is 136 Å². The van der Waals surface area contributed by atoms with Crippen LogP contribution in [0.4, 0.5) is 0 Å². The first-order valence-corrected chi connectivity index (χ1v) is 22.4. The molecule has 5 aromatic rings. The summed E-state index contributed by atoms with van der Waals surface area (Å²) in [6.07, 6.45) is 7.16. The Kier molecular flexibility index (Phi) is 15.4. The van der Waals surface area contributed by atoms with Crippen LogP contribution in [0.2, 0.25) is 10.0 Å². The molecule has 0 saturated carbocycles. The van der Waals surface area contributed by atoms with E-state index in [9.17, 15) is 5.11 Å². The average molecular weight is 853 g/mol. The number of aliphatic hydroxyl groups is 1. The van der Waals surface area contributed by atoms with E-state index in [4.69, 9.17) is 27.9 Å². The number of rotatable bonds is 12. The molecule has 1 aromatic heterocycles. The first-order chi connectivity index (χ1) is 29.0. The SMILES string of the molecule is C[C@H]1CN[C@H](CO)CN[C@@]2(Cc3ccc(Cl)cc3)CCCN(C[C@H](Cc3ccccc3)CCN1Cc1ccc(Cl)cc1Oc1ccc(-c3cnc(CN(C)C)n3C)cc1)C2. The van der Waals surface area contributed by atoms with Crippen LogP contribution < -0.4 is 15.4 Å². The third-order valence-electron chi connectivity index (χ3n) is 12.4. The summed E-state index contributed by atoms with van der Waals surface area (Å²) in [5, 5.41) is 19.8. The van der Waals surface area contributed by atoms with Gasteiger partial charge in [-0.25, -0.2) is 4.98 Å². The van der Waals surface area contributed by atoms with E-state index < -0.39 is 0 Å². The maximum Gasteiger partial charge on any atom is 0.133 e. The number of nitrogens with zero attached hydrogens (tertiary/aromatic N) is 5. The fourth-order valence-electron chi connectivity index (χ4n) is 9.05. The molecule has 0 amide bonds. The molecule has 0 aliphatic carbocycles. The Morgan fingerprint density at radius 2 is 1.68 bits per heavy atom. The largest absolute Gasteiger partial charge is 0.457 e. The third-order valence-corrected chi connectivity index (χ3v) is 12.9. The Bertz CT molecular complexity index is 2100. The molecule has 1 unspecified atom stereocenters. The number of piperidine rings is 1. The van der Waals surface area contributed by atoms with E-state index >= 15 is 0 Å². The van der Waals surface area contributed by atoms with E-state index in [1.807, 2.05) is 42.6 Å². The minimum Gasteiger partial charge on any atom is -0.457 e. The van der Waals surface area contributed by atoms with Crippen molar-refractivity contribution in [2.24, 2.45) is 13.0 Å². The van der Waals surface area contributed by atoms with Crippen LogP contribution in [-0.2, 0) is 33.0 Å². The average Bonchev–Trinajstić information content (AvgIpc) is 3.59. The number of fused-ring (bicyclic) bond motifs is 2. The highest BCUT2D eigenvalue weighted by Gasteiger charge is 2.37. The van der Waals surface area contributed by atoms with Crippen LogP contribution in [0.5, 0.6) is 11.5 Å². The minimum atomic E-state index is -0.0977. The number of imidazole rings is 1. The quantitative estimate of drug-likeness (QED) is 0.116. The smallest absolute Gasteiger partial charge is 0.133 e. The van der Waals surface area contributed by atoms with Crippen molar-refractivity contribution in [1.29, 1.82) is 0 Å². The summed E-state index contributed by atoms with van der Waals surface area (Å²) >= 11 is 12.9. The molecule has 0 radical (unpaired) electrons. The van der Waals surface area contributed by atoms with Crippen LogP contribution in [0, 0.1) is 5.92 Å². The summed E-state index contributed by atoms with van der Waals surface area (Å²) in [7, 11) is 6.17. The van der Waals surface area contributed by atoms with Crippen molar-refractivity contribution < 1.29 is 9.84 Å². The lowest BCUT2D eigenvalue weighted by molar-refractivity contribution is 0.0883. The first-order valence-electron chi connectivity index (χ1n) is 21.6. The molecular formula is C49H63Cl2N7O2. The lowest BCUT2D eigenvalue weighted by Crippen LogP contribution is -2.61. The Balaban J connectivity index is 1.12. The van der Waals surface area contributed by atoms with Gasteiger partial charge in [-0.2, -0.15) is 0 Å². The van der Waals surface area contributed by atoms with E-state index in [0.29, 0.717) is 24.0 Å². The Morgan fingerprint density at radius 3 is 2.43 bits per heavy atom. The van der Waals surface area contributed by atoms with Gasteiger partial charge in [0.25, 0.3) is 0 Å². The predicted octanol–water partition coefficient (Wildman–Crippen LogP) is 8.32. The van der Waals surface area contributed by atoms with Crippen LogP contribution in [0.25, 0.3) is 11.3 Å². The molecular weight excluding hydrogens is 789 g/mol. The molecule has 60 heavy (non-hydrogen) atoms. The Hall–Kier alpha value is -3.77. The molecule has 2 bridgehead atoms. The summed E-state index contributed by atoms with van der Waals surface area (Å²) in [5.41, 5.74) is 5.80. The van der Waals surface area contributed by atoms with Crippen LogP contribution in [0.15, 0.2) is 103 Å². The van der Waals surface area contributed by atoms with E-state index in [0.717, 1.165) is 111 Å². The molecule has 11 heteroatoms. The second-order valence-electron chi connectivity index (χ2n) is 17.5. The third kappa shape index (κ3) is 12.0. The number of benzene rings is 4. The molecule has 2 aliphatic heterocycles. The highest BCUT2D eigenvalue weighted by Crippen LogP contribution is 2.33. The standard InChI is InChI=1S/C49H63Cl2N7O2/c1-36-28-52-44(34-59)29-54-49(27-38-11-16-42(50)17-12-38)22-8-23-57(35-49)31-39(25-37-9-6-5-7-10-37)21-24-58(36)32-41-13-18-43(51)26-47(41)60-45-19-14-40(15-20-45)46-30-53-48(56(46)4)33-55(2)3/h5-7,9-20,26,30,36,39,44,52,54,59H,8,21-25,27-29,31-35H2,1-4H3/t36-,39-,44-,49+/m0/s1. The van der Waals surface area contributed by atoms with E-state index in [-0.39, 0.29) is 24.2 Å². The zero-order chi connectivity index (χ0) is 42.1. The number of hydrogen-bond donors (Lipinski definition) is 3. The first kappa shape index (κ1) is 44.3. The number of halogens is 2. The Labute approximate surface area is 367 Å². The molecule has 0 spiro atoms. The summed E-state index contributed by atoms with van der Waals surface area (Å²) in [6, 6.07) is 33.6. The molecule has 320 valence electrons. The highest BCUT2D eigenvalue weighted by atomic mass is 35.5. The molecule has 4 aromatic carbocycles. The van der Waals surface area contributed by atoms with Gasteiger partial charge in [-0.3, -0.25) is 4.90 Å². The van der Waals surface area contributed by atoms with Gasteiger partial charge in [0.1, 0.15) is 17.3 Å². The number of nitrogens with one attached hydrogen (secondary N) is 2. The van der Waals surface area contributed by atoms with Crippen molar-refractivity contribution in [3.8, 4) is 22.8 Å². The molecule has 7 rings (SSSR count). The van der Waals surface area contributed by atoms with Gasteiger partial charge in [-0.05, 0) is 132 Å². The summed E-state index contributed by atoms with van der Waals surface area (Å²) in [4.78, 5) is 12.1. The Morgan fingerprint density at radius 1 is 0.917 bits per heavy atom. The second-order valence-corrected chi connectivity index (χ2v) is 18.4. The molecule has 9 nitrogen and oxygen atoms in total. The summed E-state index contributed by atoms with van der Waals surface area (Å²) in [5.74, 6) is 2.99. The van der Waals surface area contributed by atoms with E-state index in [1.165, 1.54) is 11.1 Å². The monoisotopic (exact) mass is 851 g/mol. The van der Waals surface area contributed by atoms with Crippen molar-refractivity contribution in [1.82, 2.24) is 34.9 Å².